The first-order chi connectivity index (χ1) is 8.24. The number of aromatic amines is 1. The quantitative estimate of drug-likeness (QED) is 0.817. The molecule has 2 aromatic rings. The molecule has 0 fully saturated rings. The van der Waals surface area contributed by atoms with Crippen LogP contribution in [0.2, 0.25) is 10.0 Å². The SMILES string of the molecule is Cl.Clc1ccc(-c2cc3c([nH]2)CCNC3)cc1Cl. The topological polar surface area (TPSA) is 27.8 Å². The number of fused-ring (bicyclic) bond motifs is 1. The molecule has 1 aliphatic rings. The van der Waals surface area contributed by atoms with Crippen molar-refractivity contribution in [3.8, 4) is 11.3 Å². The van der Waals surface area contributed by atoms with Crippen LogP contribution in [-0.2, 0) is 13.0 Å². The summed E-state index contributed by atoms with van der Waals surface area (Å²) < 4.78 is 0. The maximum atomic E-state index is 6.03. The predicted octanol–water partition coefficient (Wildman–Crippen LogP) is 4.06. The zero-order valence-corrected chi connectivity index (χ0v) is 11.9. The van der Waals surface area contributed by atoms with Crippen LogP contribution in [0, 0.1) is 0 Å². The van der Waals surface area contributed by atoms with Gasteiger partial charge in [0.05, 0.1) is 10.0 Å². The van der Waals surface area contributed by atoms with Crippen molar-refractivity contribution < 1.29 is 0 Å². The van der Waals surface area contributed by atoms with Gasteiger partial charge in [0.2, 0.25) is 0 Å². The molecule has 1 aliphatic heterocycles. The van der Waals surface area contributed by atoms with Crippen LogP contribution in [0.5, 0.6) is 0 Å². The molecule has 18 heavy (non-hydrogen) atoms. The van der Waals surface area contributed by atoms with Crippen molar-refractivity contribution >= 4 is 35.6 Å². The Morgan fingerprint density at radius 3 is 2.61 bits per heavy atom. The molecule has 1 aromatic carbocycles. The van der Waals surface area contributed by atoms with Gasteiger partial charge in [-0.2, -0.15) is 0 Å². The zero-order valence-electron chi connectivity index (χ0n) is 9.59. The maximum Gasteiger partial charge on any atom is 0.0599 e. The maximum absolute atomic E-state index is 6.03. The number of hydrogen-bond acceptors (Lipinski definition) is 1. The molecule has 2 heterocycles. The van der Waals surface area contributed by atoms with Gasteiger partial charge in [0, 0.05) is 30.9 Å². The third-order valence-electron chi connectivity index (χ3n) is 3.09. The molecule has 0 saturated carbocycles. The molecule has 96 valence electrons. The summed E-state index contributed by atoms with van der Waals surface area (Å²) in [5.74, 6) is 0. The monoisotopic (exact) mass is 302 g/mol. The molecule has 0 atom stereocenters. The Bertz CT molecular complexity index is 540. The van der Waals surface area contributed by atoms with Gasteiger partial charge in [0.25, 0.3) is 0 Å². The fourth-order valence-electron chi connectivity index (χ4n) is 2.18. The lowest BCUT2D eigenvalue weighted by atomic mass is 10.1. The molecule has 5 heteroatoms. The van der Waals surface area contributed by atoms with Gasteiger partial charge in [-0.15, -0.1) is 12.4 Å². The number of H-pyrrole nitrogens is 1. The van der Waals surface area contributed by atoms with Gasteiger partial charge in [-0.1, -0.05) is 29.3 Å². The van der Waals surface area contributed by atoms with Crippen molar-refractivity contribution in [3.63, 3.8) is 0 Å². The van der Waals surface area contributed by atoms with Crippen LogP contribution in [-0.4, -0.2) is 11.5 Å². The lowest BCUT2D eigenvalue weighted by molar-refractivity contribution is 0.638. The number of hydrogen-bond donors (Lipinski definition) is 2. The molecule has 3 rings (SSSR count). The third kappa shape index (κ3) is 2.52. The minimum atomic E-state index is 0. The molecule has 0 radical (unpaired) electrons. The number of nitrogens with one attached hydrogen (secondary N) is 2. The smallest absolute Gasteiger partial charge is 0.0599 e. The third-order valence-corrected chi connectivity index (χ3v) is 3.83. The van der Waals surface area contributed by atoms with Crippen LogP contribution in [0.1, 0.15) is 11.3 Å². The Kier molecular flexibility index (Phi) is 4.23. The van der Waals surface area contributed by atoms with E-state index in [-0.39, 0.29) is 12.4 Å². The molecule has 0 spiro atoms. The highest BCUT2D eigenvalue weighted by molar-refractivity contribution is 6.42. The number of halogens is 3. The molecular weight excluding hydrogens is 291 g/mol. The van der Waals surface area contributed by atoms with Crippen LogP contribution in [0.3, 0.4) is 0 Å². The Morgan fingerprint density at radius 2 is 1.89 bits per heavy atom. The fourth-order valence-corrected chi connectivity index (χ4v) is 2.47. The summed E-state index contributed by atoms with van der Waals surface area (Å²) in [4.78, 5) is 3.45. The van der Waals surface area contributed by atoms with Gasteiger partial charge < -0.3 is 10.3 Å². The van der Waals surface area contributed by atoms with Gasteiger partial charge in [-0.05, 0) is 29.3 Å². The van der Waals surface area contributed by atoms with E-state index in [0.29, 0.717) is 10.0 Å². The number of aromatic nitrogens is 1. The standard InChI is InChI=1S/C13H12Cl2N2.ClH/c14-10-2-1-8(5-11(10)15)13-6-9-7-16-4-3-12(9)17-13;/h1-2,5-6,16-17H,3-4,7H2;1H. The van der Waals surface area contributed by atoms with E-state index in [4.69, 9.17) is 23.2 Å². The van der Waals surface area contributed by atoms with Gasteiger partial charge in [0.1, 0.15) is 0 Å². The second-order valence-electron chi connectivity index (χ2n) is 4.24. The van der Waals surface area contributed by atoms with Gasteiger partial charge in [0.15, 0.2) is 0 Å². The second kappa shape index (κ2) is 5.54. The van der Waals surface area contributed by atoms with Crippen LogP contribution < -0.4 is 5.32 Å². The molecule has 0 bridgehead atoms. The van der Waals surface area contributed by atoms with Crippen molar-refractivity contribution in [1.82, 2.24) is 10.3 Å². The average Bonchev–Trinajstić information content (AvgIpc) is 2.76. The molecule has 2 N–H and O–H groups in total. The van der Waals surface area contributed by atoms with Crippen LogP contribution in [0.15, 0.2) is 24.3 Å². The summed E-state index contributed by atoms with van der Waals surface area (Å²) in [6.07, 6.45) is 1.05. The molecular formula is C13H13Cl3N2. The highest BCUT2D eigenvalue weighted by atomic mass is 35.5. The van der Waals surface area contributed by atoms with Gasteiger partial charge >= 0.3 is 0 Å². The summed E-state index contributed by atoms with van der Waals surface area (Å²) in [6.45, 7) is 1.97. The summed E-state index contributed by atoms with van der Waals surface area (Å²) >= 11 is 11.9. The van der Waals surface area contributed by atoms with E-state index in [0.717, 1.165) is 30.8 Å². The first-order valence-electron chi connectivity index (χ1n) is 5.61. The fraction of sp³-hybridized carbons (Fsp3) is 0.231. The summed E-state index contributed by atoms with van der Waals surface area (Å²) in [6, 6.07) is 7.89. The summed E-state index contributed by atoms with van der Waals surface area (Å²) in [5.41, 5.74) is 4.85. The molecule has 1 aromatic heterocycles. The van der Waals surface area contributed by atoms with Gasteiger partial charge in [-0.3, -0.25) is 0 Å². The molecule has 0 aliphatic carbocycles. The van der Waals surface area contributed by atoms with E-state index in [2.05, 4.69) is 16.4 Å². The summed E-state index contributed by atoms with van der Waals surface area (Å²) in [5, 5.41) is 4.54. The van der Waals surface area contributed by atoms with Crippen LogP contribution in [0.4, 0.5) is 0 Å². The zero-order chi connectivity index (χ0) is 11.8. The van der Waals surface area contributed by atoms with E-state index in [1.807, 2.05) is 18.2 Å². The van der Waals surface area contributed by atoms with E-state index in [9.17, 15) is 0 Å². The predicted molar refractivity (Wildman–Crippen MR) is 78.9 cm³/mol. The Balaban J connectivity index is 0.00000120. The number of rotatable bonds is 1. The average molecular weight is 304 g/mol. The Hall–Kier alpha value is -0.670. The molecule has 2 nitrogen and oxygen atoms in total. The summed E-state index contributed by atoms with van der Waals surface area (Å²) in [7, 11) is 0. The molecule has 0 unspecified atom stereocenters. The highest BCUT2D eigenvalue weighted by Crippen LogP contribution is 2.29. The minimum Gasteiger partial charge on any atom is -0.358 e. The minimum absolute atomic E-state index is 0. The Morgan fingerprint density at radius 1 is 1.06 bits per heavy atom. The van der Waals surface area contributed by atoms with Crippen molar-refractivity contribution in [2.75, 3.05) is 6.54 Å². The highest BCUT2D eigenvalue weighted by Gasteiger charge is 2.13. The molecule has 0 saturated heterocycles. The first kappa shape index (κ1) is 13.8. The van der Waals surface area contributed by atoms with E-state index in [1.165, 1.54) is 11.3 Å². The van der Waals surface area contributed by atoms with Crippen molar-refractivity contribution in [2.45, 2.75) is 13.0 Å². The van der Waals surface area contributed by atoms with Crippen LogP contribution in [0.25, 0.3) is 11.3 Å². The number of benzene rings is 1. The first-order valence-corrected chi connectivity index (χ1v) is 6.36. The lowest BCUT2D eigenvalue weighted by Crippen LogP contribution is -2.22. The lowest BCUT2D eigenvalue weighted by Gasteiger charge is -2.11. The normalized spacial score (nSPS) is 13.9. The van der Waals surface area contributed by atoms with Crippen molar-refractivity contribution in [2.24, 2.45) is 0 Å². The van der Waals surface area contributed by atoms with E-state index < -0.39 is 0 Å². The van der Waals surface area contributed by atoms with E-state index >= 15 is 0 Å². The largest absolute Gasteiger partial charge is 0.358 e. The Labute approximate surface area is 122 Å². The van der Waals surface area contributed by atoms with Gasteiger partial charge in [-0.25, -0.2) is 0 Å². The second-order valence-corrected chi connectivity index (χ2v) is 5.06. The van der Waals surface area contributed by atoms with E-state index in [1.54, 1.807) is 0 Å². The molecule has 0 amide bonds. The van der Waals surface area contributed by atoms with Crippen LogP contribution >= 0.6 is 35.6 Å². The van der Waals surface area contributed by atoms with Crippen molar-refractivity contribution in [1.29, 1.82) is 0 Å². The van der Waals surface area contributed by atoms with Crippen molar-refractivity contribution in [3.05, 3.63) is 45.6 Å².